The average molecular weight is 259 g/mol. The fourth-order valence-electron chi connectivity index (χ4n) is 1.11. The van der Waals surface area contributed by atoms with Crippen LogP contribution in [0.3, 0.4) is 0 Å². The Hall–Kier alpha value is -1.61. The fourth-order valence-corrected chi connectivity index (χ4v) is 1.24. The Morgan fingerprint density at radius 3 is 2.82 bits per heavy atom. The third kappa shape index (κ3) is 3.17. The molecule has 0 fully saturated rings. The zero-order valence-electron chi connectivity index (χ0n) is 9.73. The van der Waals surface area contributed by atoms with E-state index in [0.717, 1.165) is 11.1 Å². The maximum Gasteiger partial charge on any atom is 0.260 e. The van der Waals surface area contributed by atoms with Crippen LogP contribution in [-0.2, 0) is 4.79 Å². The quantitative estimate of drug-likeness (QED) is 0.275. The Balaban J connectivity index is 2.54. The van der Waals surface area contributed by atoms with Gasteiger partial charge in [0.15, 0.2) is 0 Å². The minimum atomic E-state index is -0.583. The van der Waals surface area contributed by atoms with Gasteiger partial charge in [-0.25, -0.2) is 5.10 Å². The second kappa shape index (κ2) is 5.64. The first-order valence-electron chi connectivity index (χ1n) is 5.21. The molecule has 96 valence electrons. The normalized spacial score (nSPS) is 14.1. The summed E-state index contributed by atoms with van der Waals surface area (Å²) in [6.45, 7) is 3.87. The van der Waals surface area contributed by atoms with E-state index in [1.807, 2.05) is 13.8 Å². The van der Waals surface area contributed by atoms with E-state index in [4.69, 9.17) is 23.8 Å². The van der Waals surface area contributed by atoms with E-state index in [2.05, 4.69) is 21.0 Å². The van der Waals surface area contributed by atoms with Gasteiger partial charge in [-0.15, -0.1) is 5.10 Å². The standard InChI is InChI=1S/C8H17N7OS/c1-3-4(2)5(9)6(16)11-12-7-13-14-8(17)15(7)10/h4-5H,3,9-10H2,1-2H3,(H,11,16)(H,12,13)(H,14,17). The third-order valence-corrected chi connectivity index (χ3v) is 2.85. The van der Waals surface area contributed by atoms with Gasteiger partial charge in [0.1, 0.15) is 0 Å². The van der Waals surface area contributed by atoms with E-state index in [-0.39, 0.29) is 22.5 Å². The predicted molar refractivity (Wildman–Crippen MR) is 66.8 cm³/mol. The number of hydrogen-bond donors (Lipinski definition) is 5. The first-order chi connectivity index (χ1) is 7.97. The molecule has 7 N–H and O–H groups in total. The van der Waals surface area contributed by atoms with Gasteiger partial charge in [0, 0.05) is 0 Å². The number of nitrogens with zero attached hydrogens (tertiary/aromatic N) is 2. The highest BCUT2D eigenvalue weighted by Crippen LogP contribution is 2.05. The minimum absolute atomic E-state index is 0.0931. The van der Waals surface area contributed by atoms with Crippen LogP contribution in [-0.4, -0.2) is 26.8 Å². The lowest BCUT2D eigenvalue weighted by Crippen LogP contribution is -2.47. The highest BCUT2D eigenvalue weighted by molar-refractivity contribution is 7.71. The number of carbonyl (C=O) groups is 1. The van der Waals surface area contributed by atoms with Crippen molar-refractivity contribution in [2.45, 2.75) is 26.3 Å². The van der Waals surface area contributed by atoms with Crippen LogP contribution in [0.25, 0.3) is 0 Å². The molecule has 0 saturated heterocycles. The maximum absolute atomic E-state index is 11.6. The molecule has 2 unspecified atom stereocenters. The molecule has 0 radical (unpaired) electrons. The van der Waals surface area contributed by atoms with Gasteiger partial charge in [-0.05, 0) is 18.1 Å². The number of H-pyrrole nitrogens is 1. The van der Waals surface area contributed by atoms with E-state index in [1.54, 1.807) is 0 Å². The van der Waals surface area contributed by atoms with Crippen LogP contribution in [0.4, 0.5) is 5.95 Å². The molecule has 0 spiro atoms. The summed E-state index contributed by atoms with van der Waals surface area (Å²) in [6, 6.07) is -0.583. The summed E-state index contributed by atoms with van der Waals surface area (Å²) in [5.41, 5.74) is 10.7. The number of hydrogen-bond acceptors (Lipinski definition) is 6. The van der Waals surface area contributed by atoms with Crippen LogP contribution in [0.2, 0.25) is 0 Å². The number of aromatic nitrogens is 3. The largest absolute Gasteiger partial charge is 0.334 e. The molecule has 8 nitrogen and oxygen atoms in total. The summed E-state index contributed by atoms with van der Waals surface area (Å²) in [7, 11) is 0. The van der Waals surface area contributed by atoms with Gasteiger partial charge >= 0.3 is 0 Å². The Morgan fingerprint density at radius 2 is 2.35 bits per heavy atom. The number of carbonyl (C=O) groups excluding carboxylic acids is 1. The molecular formula is C8H17N7OS. The van der Waals surface area contributed by atoms with E-state index >= 15 is 0 Å². The Labute approximate surface area is 104 Å². The highest BCUT2D eigenvalue weighted by Gasteiger charge is 2.19. The van der Waals surface area contributed by atoms with Crippen molar-refractivity contribution in [3.8, 4) is 0 Å². The molecule has 0 aliphatic carbocycles. The Bertz CT molecular complexity index is 439. The van der Waals surface area contributed by atoms with Crippen molar-refractivity contribution in [2.24, 2.45) is 11.7 Å². The summed E-state index contributed by atoms with van der Waals surface area (Å²) in [4.78, 5) is 11.6. The van der Waals surface area contributed by atoms with Crippen molar-refractivity contribution < 1.29 is 4.79 Å². The molecule has 1 aromatic rings. The van der Waals surface area contributed by atoms with Gasteiger partial charge in [0.2, 0.25) is 4.77 Å². The number of nitrogens with two attached hydrogens (primary N) is 2. The van der Waals surface area contributed by atoms with Crippen LogP contribution in [0.1, 0.15) is 20.3 Å². The summed E-state index contributed by atoms with van der Waals surface area (Å²) in [5.74, 6) is 5.50. The number of rotatable bonds is 5. The molecule has 0 aliphatic rings. The van der Waals surface area contributed by atoms with Gasteiger partial charge in [-0.2, -0.15) is 4.68 Å². The van der Waals surface area contributed by atoms with Crippen LogP contribution < -0.4 is 22.4 Å². The predicted octanol–water partition coefficient (Wildman–Crippen LogP) is -0.529. The van der Waals surface area contributed by atoms with Crippen LogP contribution in [0, 0.1) is 10.7 Å². The van der Waals surface area contributed by atoms with Crippen molar-refractivity contribution in [2.75, 3.05) is 11.3 Å². The summed E-state index contributed by atoms with van der Waals surface area (Å²) >= 11 is 4.81. The van der Waals surface area contributed by atoms with Crippen molar-refractivity contribution in [1.29, 1.82) is 0 Å². The van der Waals surface area contributed by atoms with Crippen LogP contribution >= 0.6 is 12.2 Å². The molecular weight excluding hydrogens is 242 g/mol. The highest BCUT2D eigenvalue weighted by atomic mass is 32.1. The number of nitrogen functional groups attached to an aromatic ring is 1. The zero-order valence-corrected chi connectivity index (χ0v) is 10.5. The number of amides is 1. The number of nitrogens with one attached hydrogen (secondary N) is 3. The molecule has 0 aromatic carbocycles. The summed E-state index contributed by atoms with van der Waals surface area (Å²) in [5, 5.41) is 6.24. The van der Waals surface area contributed by atoms with Crippen molar-refractivity contribution >= 4 is 24.1 Å². The van der Waals surface area contributed by atoms with E-state index < -0.39 is 6.04 Å². The maximum atomic E-state index is 11.6. The molecule has 0 saturated carbocycles. The summed E-state index contributed by atoms with van der Waals surface area (Å²) < 4.78 is 1.35. The van der Waals surface area contributed by atoms with Gasteiger partial charge < -0.3 is 11.6 Å². The van der Waals surface area contributed by atoms with E-state index in [0.29, 0.717) is 0 Å². The van der Waals surface area contributed by atoms with Gasteiger partial charge in [0.05, 0.1) is 6.04 Å². The smallest absolute Gasteiger partial charge is 0.260 e. The lowest BCUT2D eigenvalue weighted by Gasteiger charge is -2.17. The number of hydrazine groups is 1. The molecule has 0 bridgehead atoms. The second-order valence-corrected chi connectivity index (χ2v) is 4.13. The van der Waals surface area contributed by atoms with Gasteiger partial charge in [-0.3, -0.25) is 15.6 Å². The first-order valence-corrected chi connectivity index (χ1v) is 5.62. The lowest BCUT2D eigenvalue weighted by atomic mass is 10.00. The number of aromatic amines is 1. The zero-order chi connectivity index (χ0) is 13.0. The van der Waals surface area contributed by atoms with Gasteiger partial charge in [0.25, 0.3) is 11.9 Å². The minimum Gasteiger partial charge on any atom is -0.334 e. The Morgan fingerprint density at radius 1 is 1.71 bits per heavy atom. The SMILES string of the molecule is CCC(C)C(N)C(=O)NNc1n[nH]c(=S)n1N. The van der Waals surface area contributed by atoms with Crippen molar-refractivity contribution in [3.63, 3.8) is 0 Å². The fraction of sp³-hybridized carbons (Fsp3) is 0.625. The Kier molecular flexibility index (Phi) is 4.46. The number of anilines is 1. The first kappa shape index (κ1) is 13.5. The molecule has 1 aromatic heterocycles. The average Bonchev–Trinajstić information content (AvgIpc) is 2.65. The lowest BCUT2D eigenvalue weighted by molar-refractivity contribution is -0.122. The molecule has 17 heavy (non-hydrogen) atoms. The van der Waals surface area contributed by atoms with Crippen molar-refractivity contribution in [3.05, 3.63) is 4.77 Å². The third-order valence-electron chi connectivity index (χ3n) is 2.56. The molecule has 1 heterocycles. The second-order valence-electron chi connectivity index (χ2n) is 3.75. The molecule has 9 heteroatoms. The molecule has 1 rings (SSSR count). The molecule has 1 amide bonds. The molecule has 0 aliphatic heterocycles. The van der Waals surface area contributed by atoms with Crippen LogP contribution in [0.5, 0.6) is 0 Å². The van der Waals surface area contributed by atoms with Crippen molar-refractivity contribution in [1.82, 2.24) is 20.3 Å². The topological polar surface area (TPSA) is 127 Å². The van der Waals surface area contributed by atoms with Gasteiger partial charge in [-0.1, -0.05) is 20.3 Å². The van der Waals surface area contributed by atoms with Crippen LogP contribution in [0.15, 0.2) is 0 Å². The van der Waals surface area contributed by atoms with E-state index in [1.165, 1.54) is 0 Å². The molecule has 2 atom stereocenters. The monoisotopic (exact) mass is 259 g/mol. The summed E-state index contributed by atoms with van der Waals surface area (Å²) in [6.07, 6.45) is 0.824. The van der Waals surface area contributed by atoms with E-state index in [9.17, 15) is 4.79 Å².